The molecule has 0 unspecified atom stereocenters. The number of nitrogens with zero attached hydrogens (tertiary/aromatic N) is 1. The summed E-state index contributed by atoms with van der Waals surface area (Å²) in [7, 11) is 0. The van der Waals surface area contributed by atoms with E-state index < -0.39 is 17.6 Å². The van der Waals surface area contributed by atoms with Gasteiger partial charge in [-0.25, -0.2) is 4.39 Å². The number of rotatable bonds is 2. The molecule has 2 aromatic rings. The van der Waals surface area contributed by atoms with Crippen LogP contribution in [0, 0.1) is 17.1 Å². The van der Waals surface area contributed by atoms with Crippen molar-refractivity contribution >= 4 is 27.3 Å². The quantitative estimate of drug-likeness (QED) is 0.746. The predicted molar refractivity (Wildman–Crippen MR) is 73.5 cm³/mol. The van der Waals surface area contributed by atoms with Gasteiger partial charge < -0.3 is 5.32 Å². The van der Waals surface area contributed by atoms with E-state index in [1.807, 2.05) is 6.07 Å². The molecule has 0 aliphatic heterocycles. The Hall–Kier alpha value is -2.07. The Balaban J connectivity index is 2.35. The van der Waals surface area contributed by atoms with Crippen LogP contribution in [0.1, 0.15) is 11.1 Å². The van der Waals surface area contributed by atoms with Crippen molar-refractivity contribution in [3.05, 3.63) is 57.8 Å². The lowest BCUT2D eigenvalue weighted by Gasteiger charge is -2.12. The van der Waals surface area contributed by atoms with Gasteiger partial charge in [0.05, 0.1) is 22.9 Å². The van der Waals surface area contributed by atoms with Gasteiger partial charge in [0.25, 0.3) is 0 Å². The summed E-state index contributed by atoms with van der Waals surface area (Å²) in [6.07, 6.45) is -4.76. The summed E-state index contributed by atoms with van der Waals surface area (Å²) < 4.78 is 51.6. The van der Waals surface area contributed by atoms with Crippen LogP contribution in [-0.2, 0) is 6.18 Å². The zero-order chi connectivity index (χ0) is 15.6. The maximum atomic E-state index is 13.2. The van der Waals surface area contributed by atoms with Gasteiger partial charge in [-0.15, -0.1) is 0 Å². The highest BCUT2D eigenvalue weighted by Gasteiger charge is 2.34. The second-order valence-electron chi connectivity index (χ2n) is 4.12. The molecule has 0 spiro atoms. The first-order chi connectivity index (χ1) is 9.81. The lowest BCUT2D eigenvalue weighted by molar-refractivity contribution is -0.139. The summed E-state index contributed by atoms with van der Waals surface area (Å²) in [6.45, 7) is 0. The highest BCUT2D eigenvalue weighted by atomic mass is 79.9. The van der Waals surface area contributed by atoms with Crippen LogP contribution in [-0.4, -0.2) is 0 Å². The molecule has 21 heavy (non-hydrogen) atoms. The van der Waals surface area contributed by atoms with E-state index in [2.05, 4.69) is 21.2 Å². The Morgan fingerprint density at radius 1 is 1.10 bits per heavy atom. The van der Waals surface area contributed by atoms with E-state index in [0.29, 0.717) is 21.8 Å². The molecule has 0 saturated carbocycles. The second kappa shape index (κ2) is 5.74. The summed E-state index contributed by atoms with van der Waals surface area (Å²) in [5, 5.41) is 11.5. The van der Waals surface area contributed by atoms with E-state index in [0.717, 1.165) is 6.07 Å². The van der Waals surface area contributed by atoms with Crippen LogP contribution in [0.2, 0.25) is 0 Å². The number of nitrogens with one attached hydrogen (secondary N) is 1. The summed E-state index contributed by atoms with van der Waals surface area (Å²) >= 11 is 3.21. The number of anilines is 2. The van der Waals surface area contributed by atoms with E-state index >= 15 is 0 Å². The Morgan fingerprint density at radius 2 is 1.81 bits per heavy atom. The molecule has 0 saturated heterocycles. The Kier molecular flexibility index (Phi) is 4.19. The second-order valence-corrected chi connectivity index (χ2v) is 4.98. The largest absolute Gasteiger partial charge is 0.419 e. The zero-order valence-electron chi connectivity index (χ0n) is 10.3. The molecule has 2 rings (SSSR count). The normalized spacial score (nSPS) is 11.0. The van der Waals surface area contributed by atoms with Crippen molar-refractivity contribution < 1.29 is 17.6 Å². The minimum absolute atomic E-state index is 0.0918. The average molecular weight is 359 g/mol. The molecule has 0 aromatic heterocycles. The molecule has 0 atom stereocenters. The van der Waals surface area contributed by atoms with E-state index in [4.69, 9.17) is 5.26 Å². The molecule has 2 nitrogen and oxygen atoms in total. The fourth-order valence-corrected chi connectivity index (χ4v) is 2.14. The molecular formula is C14H7BrF4N2. The van der Waals surface area contributed by atoms with Crippen LogP contribution in [0.25, 0.3) is 0 Å². The third-order valence-electron chi connectivity index (χ3n) is 2.65. The maximum absolute atomic E-state index is 13.2. The molecule has 7 heteroatoms. The molecule has 0 aliphatic carbocycles. The van der Waals surface area contributed by atoms with Crippen molar-refractivity contribution in [2.45, 2.75) is 6.18 Å². The van der Waals surface area contributed by atoms with Crippen LogP contribution in [0.3, 0.4) is 0 Å². The molecule has 0 radical (unpaired) electrons. The van der Waals surface area contributed by atoms with E-state index in [1.165, 1.54) is 18.2 Å². The highest BCUT2D eigenvalue weighted by molar-refractivity contribution is 9.10. The smallest absolute Gasteiger partial charge is 0.355 e. The Bertz CT molecular complexity index is 720. The van der Waals surface area contributed by atoms with Crippen molar-refractivity contribution in [1.29, 1.82) is 5.26 Å². The summed E-state index contributed by atoms with van der Waals surface area (Å²) in [5.74, 6) is -1.33. The van der Waals surface area contributed by atoms with Crippen molar-refractivity contribution in [3.8, 4) is 6.07 Å². The van der Waals surface area contributed by atoms with Crippen LogP contribution >= 0.6 is 15.9 Å². The Morgan fingerprint density at radius 3 is 2.38 bits per heavy atom. The summed E-state index contributed by atoms with van der Waals surface area (Å²) in [6, 6.07) is 9.17. The van der Waals surface area contributed by atoms with Crippen LogP contribution < -0.4 is 5.32 Å². The topological polar surface area (TPSA) is 35.8 Å². The molecule has 0 amide bonds. The first-order valence-electron chi connectivity index (χ1n) is 5.64. The highest BCUT2D eigenvalue weighted by Crippen LogP contribution is 2.34. The fraction of sp³-hybridized carbons (Fsp3) is 0.0714. The monoisotopic (exact) mass is 358 g/mol. The fourth-order valence-electron chi connectivity index (χ4n) is 1.66. The van der Waals surface area contributed by atoms with Crippen LogP contribution in [0.15, 0.2) is 40.9 Å². The summed E-state index contributed by atoms with van der Waals surface area (Å²) in [5.41, 5.74) is -0.373. The lowest BCUT2D eigenvalue weighted by Crippen LogP contribution is -2.08. The van der Waals surface area contributed by atoms with E-state index in [1.54, 1.807) is 6.07 Å². The molecule has 0 bridgehead atoms. The van der Waals surface area contributed by atoms with E-state index in [9.17, 15) is 17.6 Å². The van der Waals surface area contributed by atoms with Crippen molar-refractivity contribution in [3.63, 3.8) is 0 Å². The van der Waals surface area contributed by atoms with E-state index in [-0.39, 0.29) is 5.69 Å². The first-order valence-corrected chi connectivity index (χ1v) is 6.44. The number of nitriles is 1. The van der Waals surface area contributed by atoms with Gasteiger partial charge in [0.15, 0.2) is 0 Å². The lowest BCUT2D eigenvalue weighted by atomic mass is 10.1. The van der Waals surface area contributed by atoms with Crippen molar-refractivity contribution in [1.82, 2.24) is 0 Å². The first kappa shape index (κ1) is 15.3. The van der Waals surface area contributed by atoms with Crippen molar-refractivity contribution in [2.75, 3.05) is 5.32 Å². The van der Waals surface area contributed by atoms with Crippen LogP contribution in [0.4, 0.5) is 28.9 Å². The molecule has 0 aliphatic rings. The zero-order valence-corrected chi connectivity index (χ0v) is 11.9. The molecule has 0 fully saturated rings. The van der Waals surface area contributed by atoms with Gasteiger partial charge in [0.2, 0.25) is 0 Å². The van der Waals surface area contributed by atoms with Crippen molar-refractivity contribution in [2.24, 2.45) is 0 Å². The average Bonchev–Trinajstić information content (AvgIpc) is 2.41. The third kappa shape index (κ3) is 3.52. The number of hydrogen-bond acceptors (Lipinski definition) is 2. The predicted octanol–water partition coefficient (Wildman–Crippen LogP) is 5.22. The minimum atomic E-state index is -4.76. The molecule has 1 N–H and O–H groups in total. The molecule has 0 heterocycles. The van der Waals surface area contributed by atoms with Gasteiger partial charge in [-0.1, -0.05) is 0 Å². The number of alkyl halides is 3. The van der Waals surface area contributed by atoms with Gasteiger partial charge in [-0.2, -0.15) is 18.4 Å². The van der Waals surface area contributed by atoms with Gasteiger partial charge in [0.1, 0.15) is 5.82 Å². The third-order valence-corrected chi connectivity index (χ3v) is 3.31. The van der Waals surface area contributed by atoms with Gasteiger partial charge in [-0.05, 0) is 52.3 Å². The molecule has 2 aromatic carbocycles. The molecule has 108 valence electrons. The van der Waals surface area contributed by atoms with Gasteiger partial charge in [0, 0.05) is 10.2 Å². The molecular weight excluding hydrogens is 352 g/mol. The van der Waals surface area contributed by atoms with Gasteiger partial charge in [-0.3, -0.25) is 0 Å². The van der Waals surface area contributed by atoms with Gasteiger partial charge >= 0.3 is 6.18 Å². The standard InChI is InChI=1S/C14H7BrF4N2/c15-11-5-8(7-20)1-4-13(11)21-9-2-3-12(16)10(6-9)14(17,18)19/h1-6,21H. The van der Waals surface area contributed by atoms with Crippen LogP contribution in [0.5, 0.6) is 0 Å². The maximum Gasteiger partial charge on any atom is 0.419 e. The Labute approximate surface area is 126 Å². The number of hydrogen-bond donors (Lipinski definition) is 1. The minimum Gasteiger partial charge on any atom is -0.355 e. The number of halogens is 5. The number of benzene rings is 2. The summed E-state index contributed by atoms with van der Waals surface area (Å²) in [4.78, 5) is 0. The SMILES string of the molecule is N#Cc1ccc(Nc2ccc(F)c(C(F)(F)F)c2)c(Br)c1.